The van der Waals surface area contributed by atoms with Gasteiger partial charge in [-0.2, -0.15) is 0 Å². The van der Waals surface area contributed by atoms with Crippen LogP contribution >= 0.6 is 11.3 Å². The third kappa shape index (κ3) is 1.86. The zero-order chi connectivity index (χ0) is 13.8. The molecule has 0 radical (unpaired) electrons. The van der Waals surface area contributed by atoms with Crippen LogP contribution < -0.4 is 11.2 Å². The number of rotatable bonds is 1. The summed E-state index contributed by atoms with van der Waals surface area (Å²) in [5.41, 5.74) is 0.260. The third-order valence-electron chi connectivity index (χ3n) is 3.53. The Hall–Kier alpha value is -1.40. The molecule has 3 heterocycles. The molecule has 0 unspecified atom stereocenters. The molecule has 102 valence electrons. The van der Waals surface area contributed by atoms with E-state index < -0.39 is 0 Å². The summed E-state index contributed by atoms with van der Waals surface area (Å²) in [4.78, 5) is 28.8. The summed E-state index contributed by atoms with van der Waals surface area (Å²) < 4.78 is 7.01. The minimum absolute atomic E-state index is 0.184. The molecule has 0 atom stereocenters. The highest BCUT2D eigenvalue weighted by Crippen LogP contribution is 2.36. The van der Waals surface area contributed by atoms with Crippen molar-refractivity contribution in [2.24, 2.45) is 0 Å². The van der Waals surface area contributed by atoms with Gasteiger partial charge in [0.25, 0.3) is 5.56 Å². The van der Waals surface area contributed by atoms with E-state index in [1.807, 2.05) is 13.8 Å². The molecule has 0 aromatic carbocycles. The van der Waals surface area contributed by atoms with Gasteiger partial charge in [-0.25, -0.2) is 4.79 Å². The van der Waals surface area contributed by atoms with E-state index in [9.17, 15) is 9.59 Å². The SMILES string of the molecule is CCn1c(=O)[nH]c2sc3c(c2c1=O)CC(C)(C)OC3. The Kier molecular flexibility index (Phi) is 2.69. The fraction of sp³-hybridized carbons (Fsp3) is 0.538. The molecular formula is C13H16N2O3S. The molecule has 1 aliphatic rings. The van der Waals surface area contributed by atoms with Gasteiger partial charge in [0, 0.05) is 17.8 Å². The van der Waals surface area contributed by atoms with E-state index in [0.29, 0.717) is 29.8 Å². The first-order valence-electron chi connectivity index (χ1n) is 6.34. The topological polar surface area (TPSA) is 64.1 Å². The molecule has 0 bridgehead atoms. The van der Waals surface area contributed by atoms with Gasteiger partial charge in [-0.05, 0) is 26.3 Å². The van der Waals surface area contributed by atoms with Crippen molar-refractivity contribution in [3.05, 3.63) is 31.3 Å². The molecule has 5 nitrogen and oxygen atoms in total. The molecule has 1 aliphatic heterocycles. The van der Waals surface area contributed by atoms with Crippen molar-refractivity contribution in [3.63, 3.8) is 0 Å². The second-order valence-corrected chi connectivity index (χ2v) is 6.52. The van der Waals surface area contributed by atoms with E-state index in [0.717, 1.165) is 10.4 Å². The van der Waals surface area contributed by atoms with E-state index in [1.54, 1.807) is 6.92 Å². The lowest BCUT2D eigenvalue weighted by molar-refractivity contribution is -0.0379. The zero-order valence-electron chi connectivity index (χ0n) is 11.2. The van der Waals surface area contributed by atoms with Crippen LogP contribution in [0.2, 0.25) is 0 Å². The van der Waals surface area contributed by atoms with E-state index >= 15 is 0 Å². The predicted octanol–water partition coefficient (Wildman–Crippen LogP) is 1.62. The van der Waals surface area contributed by atoms with Gasteiger partial charge in [-0.1, -0.05) is 0 Å². The van der Waals surface area contributed by atoms with Gasteiger partial charge in [0.1, 0.15) is 4.83 Å². The summed E-state index contributed by atoms with van der Waals surface area (Å²) in [7, 11) is 0. The smallest absolute Gasteiger partial charge is 0.329 e. The van der Waals surface area contributed by atoms with Crippen LogP contribution in [0.5, 0.6) is 0 Å². The van der Waals surface area contributed by atoms with Crippen molar-refractivity contribution in [3.8, 4) is 0 Å². The molecule has 2 aromatic heterocycles. The van der Waals surface area contributed by atoms with Gasteiger partial charge in [0.2, 0.25) is 0 Å². The lowest BCUT2D eigenvalue weighted by Gasteiger charge is -2.29. The quantitative estimate of drug-likeness (QED) is 0.863. The van der Waals surface area contributed by atoms with Crippen molar-refractivity contribution >= 4 is 21.6 Å². The first-order chi connectivity index (χ1) is 8.93. The first kappa shape index (κ1) is 12.6. The largest absolute Gasteiger partial charge is 0.370 e. The lowest BCUT2D eigenvalue weighted by Crippen LogP contribution is -2.35. The summed E-state index contributed by atoms with van der Waals surface area (Å²) in [6.07, 6.45) is 0.702. The number of aromatic nitrogens is 2. The summed E-state index contributed by atoms with van der Waals surface area (Å²) in [5.74, 6) is 0. The molecular weight excluding hydrogens is 264 g/mol. The van der Waals surface area contributed by atoms with Crippen LogP contribution in [0.25, 0.3) is 10.2 Å². The van der Waals surface area contributed by atoms with Gasteiger partial charge in [-0.3, -0.25) is 14.3 Å². The summed E-state index contributed by atoms with van der Waals surface area (Å²) in [6, 6.07) is 0. The molecule has 19 heavy (non-hydrogen) atoms. The number of hydrogen-bond donors (Lipinski definition) is 1. The van der Waals surface area contributed by atoms with Gasteiger partial charge in [-0.15, -0.1) is 11.3 Å². The third-order valence-corrected chi connectivity index (χ3v) is 4.65. The Labute approximate surface area is 113 Å². The molecule has 0 saturated heterocycles. The number of hydrogen-bond acceptors (Lipinski definition) is 4. The highest BCUT2D eigenvalue weighted by molar-refractivity contribution is 7.18. The van der Waals surface area contributed by atoms with Crippen LogP contribution in [0.15, 0.2) is 9.59 Å². The number of thiophene rings is 1. The van der Waals surface area contributed by atoms with Gasteiger partial charge in [0.05, 0.1) is 17.6 Å². The summed E-state index contributed by atoms with van der Waals surface area (Å²) in [6.45, 7) is 6.73. The molecule has 2 aromatic rings. The van der Waals surface area contributed by atoms with Gasteiger partial charge < -0.3 is 4.74 Å². The lowest BCUT2D eigenvalue weighted by atomic mass is 9.94. The second kappa shape index (κ2) is 4.05. The Bertz CT molecular complexity index is 767. The maximum Gasteiger partial charge on any atom is 0.329 e. The van der Waals surface area contributed by atoms with Crippen LogP contribution in [0.3, 0.4) is 0 Å². The molecule has 0 saturated carbocycles. The van der Waals surface area contributed by atoms with Crippen molar-refractivity contribution in [1.29, 1.82) is 0 Å². The van der Waals surface area contributed by atoms with Gasteiger partial charge in [0.15, 0.2) is 0 Å². The number of H-pyrrole nitrogens is 1. The Morgan fingerprint density at radius 3 is 2.84 bits per heavy atom. The Morgan fingerprint density at radius 1 is 1.42 bits per heavy atom. The van der Waals surface area contributed by atoms with Crippen LogP contribution in [0, 0.1) is 0 Å². The molecule has 1 N–H and O–H groups in total. The number of nitrogens with zero attached hydrogens (tertiary/aromatic N) is 1. The van der Waals surface area contributed by atoms with Crippen molar-refractivity contribution in [2.45, 2.75) is 45.9 Å². The van der Waals surface area contributed by atoms with E-state index in [-0.39, 0.29) is 16.9 Å². The first-order valence-corrected chi connectivity index (χ1v) is 7.16. The number of ether oxygens (including phenoxy) is 1. The maximum absolute atomic E-state index is 12.4. The monoisotopic (exact) mass is 280 g/mol. The fourth-order valence-corrected chi connectivity index (χ4v) is 3.66. The Morgan fingerprint density at radius 2 is 2.16 bits per heavy atom. The molecule has 0 spiro atoms. The van der Waals surface area contributed by atoms with Crippen LogP contribution in [0.1, 0.15) is 31.2 Å². The van der Waals surface area contributed by atoms with E-state index in [2.05, 4.69) is 4.98 Å². The summed E-state index contributed by atoms with van der Waals surface area (Å²) in [5, 5.41) is 0.665. The molecule has 0 fully saturated rings. The van der Waals surface area contributed by atoms with Crippen LogP contribution in [0.4, 0.5) is 0 Å². The fourth-order valence-electron chi connectivity index (χ4n) is 2.55. The number of fused-ring (bicyclic) bond motifs is 3. The highest BCUT2D eigenvalue weighted by Gasteiger charge is 2.30. The van der Waals surface area contributed by atoms with Crippen LogP contribution in [-0.2, 0) is 24.3 Å². The number of aromatic amines is 1. The number of nitrogens with one attached hydrogen (secondary N) is 1. The standard InChI is InChI=1S/C13H16N2O3S/c1-4-15-11(16)9-7-5-13(2,3)18-6-8(7)19-10(9)14-12(15)17/h4-6H2,1-3H3,(H,14,17). The molecule has 6 heteroatoms. The molecule has 0 amide bonds. The summed E-state index contributed by atoms with van der Waals surface area (Å²) >= 11 is 1.45. The second-order valence-electron chi connectivity index (χ2n) is 5.41. The molecule has 3 rings (SSSR count). The normalized spacial score (nSPS) is 17.6. The minimum Gasteiger partial charge on any atom is -0.370 e. The zero-order valence-corrected chi connectivity index (χ0v) is 12.0. The van der Waals surface area contributed by atoms with E-state index in [4.69, 9.17) is 4.74 Å². The van der Waals surface area contributed by atoms with Crippen molar-refractivity contribution in [2.75, 3.05) is 0 Å². The highest BCUT2D eigenvalue weighted by atomic mass is 32.1. The average molecular weight is 280 g/mol. The van der Waals surface area contributed by atoms with E-state index in [1.165, 1.54) is 15.9 Å². The minimum atomic E-state index is -0.334. The Balaban J connectivity index is 2.37. The van der Waals surface area contributed by atoms with Crippen LogP contribution in [-0.4, -0.2) is 15.2 Å². The van der Waals surface area contributed by atoms with Gasteiger partial charge >= 0.3 is 5.69 Å². The van der Waals surface area contributed by atoms with Crippen molar-refractivity contribution < 1.29 is 4.74 Å². The molecule has 0 aliphatic carbocycles. The van der Waals surface area contributed by atoms with Crippen molar-refractivity contribution in [1.82, 2.24) is 9.55 Å². The maximum atomic E-state index is 12.4. The average Bonchev–Trinajstić information content (AvgIpc) is 2.65. The predicted molar refractivity (Wildman–Crippen MR) is 75.0 cm³/mol.